The minimum absolute atomic E-state index is 0.766. The summed E-state index contributed by atoms with van der Waals surface area (Å²) in [6.45, 7) is 5.72. The fourth-order valence-electron chi connectivity index (χ4n) is 1.46. The number of hydrogen-bond donors (Lipinski definition) is 1. The van der Waals surface area contributed by atoms with Crippen LogP contribution in [-0.4, -0.2) is 11.2 Å². The number of halogens is 1. The lowest BCUT2D eigenvalue weighted by Gasteiger charge is -2.05. The molecule has 0 amide bonds. The maximum atomic E-state index is 9.93. The van der Waals surface area contributed by atoms with Gasteiger partial charge in [0.25, 0.3) is 0 Å². The average molecular weight is 305 g/mol. The maximum Gasteiger partial charge on any atom is 0.143 e. The standard InChI is InChI=1S/C16H17BrO/c1-3-5-6-14(4-2)16(18)12-9-13-7-10-15(17)11-8-13/h7-8,10-11,16,18H,2-3,5-6H2,1H3/t16-/m0/s1. The van der Waals surface area contributed by atoms with E-state index in [0.717, 1.165) is 34.9 Å². The minimum atomic E-state index is -0.766. The summed E-state index contributed by atoms with van der Waals surface area (Å²) in [7, 11) is 0. The molecular weight excluding hydrogens is 288 g/mol. The molecule has 94 valence electrons. The van der Waals surface area contributed by atoms with Crippen molar-refractivity contribution in [2.75, 3.05) is 0 Å². The van der Waals surface area contributed by atoms with E-state index in [4.69, 9.17) is 0 Å². The third-order valence-corrected chi connectivity index (χ3v) is 3.08. The van der Waals surface area contributed by atoms with Crippen molar-refractivity contribution in [3.63, 3.8) is 0 Å². The van der Waals surface area contributed by atoms with Gasteiger partial charge < -0.3 is 5.11 Å². The summed E-state index contributed by atoms with van der Waals surface area (Å²) in [6.07, 6.45) is 2.14. The molecule has 2 heteroatoms. The van der Waals surface area contributed by atoms with Crippen molar-refractivity contribution >= 4 is 15.9 Å². The van der Waals surface area contributed by atoms with E-state index < -0.39 is 6.10 Å². The molecule has 0 aromatic heterocycles. The molecule has 0 saturated carbocycles. The van der Waals surface area contributed by atoms with Crippen molar-refractivity contribution in [2.24, 2.45) is 0 Å². The lowest BCUT2D eigenvalue weighted by atomic mass is 10.0. The normalized spacial score (nSPS) is 11.1. The van der Waals surface area contributed by atoms with Crippen LogP contribution in [0, 0.1) is 11.8 Å². The Morgan fingerprint density at radius 3 is 2.61 bits per heavy atom. The Morgan fingerprint density at radius 1 is 1.39 bits per heavy atom. The summed E-state index contributed by atoms with van der Waals surface area (Å²) < 4.78 is 1.02. The number of unbranched alkanes of at least 4 members (excludes halogenated alkanes) is 1. The Labute approximate surface area is 117 Å². The van der Waals surface area contributed by atoms with Gasteiger partial charge in [-0.05, 0) is 37.1 Å². The SMILES string of the molecule is C=C=C(CCCC)[C@@H](O)C#Cc1ccc(Br)cc1. The molecule has 1 atom stereocenters. The van der Waals surface area contributed by atoms with Crippen molar-refractivity contribution in [1.82, 2.24) is 0 Å². The number of rotatable bonds is 4. The van der Waals surface area contributed by atoms with Gasteiger partial charge in [-0.3, -0.25) is 0 Å². The molecule has 0 fully saturated rings. The van der Waals surface area contributed by atoms with Gasteiger partial charge in [-0.15, -0.1) is 5.73 Å². The molecule has 1 rings (SSSR count). The van der Waals surface area contributed by atoms with Gasteiger partial charge >= 0.3 is 0 Å². The Bertz CT molecular complexity index is 484. The van der Waals surface area contributed by atoms with Crippen LogP contribution in [0.5, 0.6) is 0 Å². The Hall–Kier alpha value is -1.26. The predicted octanol–water partition coefficient (Wildman–Crippen LogP) is 4.06. The van der Waals surface area contributed by atoms with Crippen molar-refractivity contribution in [1.29, 1.82) is 0 Å². The Kier molecular flexibility index (Phi) is 6.54. The highest BCUT2D eigenvalue weighted by Crippen LogP contribution is 2.11. The highest BCUT2D eigenvalue weighted by Gasteiger charge is 2.05. The number of benzene rings is 1. The highest BCUT2D eigenvalue weighted by atomic mass is 79.9. The number of aliphatic hydroxyl groups is 1. The van der Waals surface area contributed by atoms with E-state index >= 15 is 0 Å². The van der Waals surface area contributed by atoms with Gasteiger partial charge in [0, 0.05) is 15.6 Å². The van der Waals surface area contributed by atoms with Crippen LogP contribution in [0.15, 0.2) is 46.6 Å². The molecule has 0 saturated heterocycles. The average Bonchev–Trinajstić information content (AvgIpc) is 2.39. The molecular formula is C16H17BrO. The molecule has 0 radical (unpaired) electrons. The van der Waals surface area contributed by atoms with E-state index in [2.05, 4.69) is 47.0 Å². The van der Waals surface area contributed by atoms with Gasteiger partial charge in [0.2, 0.25) is 0 Å². The molecule has 0 spiro atoms. The van der Waals surface area contributed by atoms with Crippen LogP contribution >= 0.6 is 15.9 Å². The molecule has 1 aromatic rings. The first kappa shape index (κ1) is 14.8. The first-order valence-corrected chi connectivity index (χ1v) is 6.80. The zero-order chi connectivity index (χ0) is 13.4. The molecule has 0 heterocycles. The van der Waals surface area contributed by atoms with Crippen molar-refractivity contribution in [3.05, 3.63) is 52.2 Å². The zero-order valence-corrected chi connectivity index (χ0v) is 12.1. The molecule has 1 N–H and O–H groups in total. The van der Waals surface area contributed by atoms with Crippen LogP contribution in [0.1, 0.15) is 31.7 Å². The monoisotopic (exact) mass is 304 g/mol. The van der Waals surface area contributed by atoms with Gasteiger partial charge in [-0.2, -0.15) is 0 Å². The Morgan fingerprint density at radius 2 is 2.06 bits per heavy atom. The van der Waals surface area contributed by atoms with E-state index in [-0.39, 0.29) is 0 Å². The zero-order valence-electron chi connectivity index (χ0n) is 10.5. The molecule has 18 heavy (non-hydrogen) atoms. The van der Waals surface area contributed by atoms with Crippen molar-refractivity contribution in [2.45, 2.75) is 32.3 Å². The second kappa shape index (κ2) is 7.95. The van der Waals surface area contributed by atoms with Crippen molar-refractivity contribution in [3.8, 4) is 11.8 Å². The summed E-state index contributed by atoms with van der Waals surface area (Å²) in [5, 5.41) is 9.93. The van der Waals surface area contributed by atoms with Gasteiger partial charge in [0.05, 0.1) is 0 Å². The smallest absolute Gasteiger partial charge is 0.143 e. The fraction of sp³-hybridized carbons (Fsp3) is 0.312. The summed E-state index contributed by atoms with van der Waals surface area (Å²) in [5.41, 5.74) is 4.45. The first-order valence-electron chi connectivity index (χ1n) is 6.01. The molecule has 0 aliphatic carbocycles. The highest BCUT2D eigenvalue weighted by molar-refractivity contribution is 9.10. The summed E-state index contributed by atoms with van der Waals surface area (Å²) >= 11 is 3.37. The van der Waals surface area contributed by atoms with Gasteiger partial charge in [-0.1, -0.05) is 47.7 Å². The van der Waals surface area contributed by atoms with E-state index in [1.165, 1.54) is 0 Å². The Balaban J connectivity index is 2.72. The molecule has 0 bridgehead atoms. The molecule has 0 aliphatic rings. The fourth-order valence-corrected chi connectivity index (χ4v) is 1.73. The van der Waals surface area contributed by atoms with Gasteiger partial charge in [-0.25, -0.2) is 0 Å². The van der Waals surface area contributed by atoms with Crippen LogP contribution in [0.3, 0.4) is 0 Å². The van der Waals surface area contributed by atoms with Crippen LogP contribution < -0.4 is 0 Å². The second-order valence-electron chi connectivity index (χ2n) is 3.98. The van der Waals surface area contributed by atoms with Crippen LogP contribution in [0.2, 0.25) is 0 Å². The summed E-state index contributed by atoms with van der Waals surface area (Å²) in [4.78, 5) is 0. The minimum Gasteiger partial charge on any atom is -0.376 e. The largest absolute Gasteiger partial charge is 0.376 e. The maximum absolute atomic E-state index is 9.93. The van der Waals surface area contributed by atoms with Gasteiger partial charge in [0.1, 0.15) is 6.10 Å². The lowest BCUT2D eigenvalue weighted by Crippen LogP contribution is -2.06. The van der Waals surface area contributed by atoms with Crippen molar-refractivity contribution < 1.29 is 5.11 Å². The van der Waals surface area contributed by atoms with E-state index in [1.54, 1.807) is 0 Å². The van der Waals surface area contributed by atoms with E-state index in [1.807, 2.05) is 24.3 Å². The van der Waals surface area contributed by atoms with Crippen LogP contribution in [-0.2, 0) is 0 Å². The van der Waals surface area contributed by atoms with Crippen LogP contribution in [0.25, 0.3) is 0 Å². The topological polar surface area (TPSA) is 20.2 Å². The quantitative estimate of drug-likeness (QED) is 0.657. The third-order valence-electron chi connectivity index (χ3n) is 2.55. The van der Waals surface area contributed by atoms with E-state index in [0.29, 0.717) is 0 Å². The summed E-state index contributed by atoms with van der Waals surface area (Å²) in [6, 6.07) is 7.68. The predicted molar refractivity (Wildman–Crippen MR) is 79.2 cm³/mol. The van der Waals surface area contributed by atoms with Gasteiger partial charge in [0.15, 0.2) is 0 Å². The summed E-state index contributed by atoms with van der Waals surface area (Å²) in [5.74, 6) is 5.78. The molecule has 1 aromatic carbocycles. The molecule has 0 unspecified atom stereocenters. The lowest BCUT2D eigenvalue weighted by molar-refractivity contribution is 0.263. The van der Waals surface area contributed by atoms with Crippen LogP contribution in [0.4, 0.5) is 0 Å². The number of aliphatic hydroxyl groups excluding tert-OH is 1. The second-order valence-corrected chi connectivity index (χ2v) is 4.90. The first-order chi connectivity index (χ1) is 8.67. The third kappa shape index (κ3) is 4.94. The molecule has 1 nitrogen and oxygen atoms in total. The van der Waals surface area contributed by atoms with E-state index in [9.17, 15) is 5.11 Å². The molecule has 0 aliphatic heterocycles. The number of hydrogen-bond acceptors (Lipinski definition) is 1.